The first-order chi connectivity index (χ1) is 7.75. The number of nitrogens with zero attached hydrogens (tertiary/aromatic N) is 1. The van der Waals surface area contributed by atoms with E-state index in [0.29, 0.717) is 5.38 Å². The van der Waals surface area contributed by atoms with Crippen molar-refractivity contribution >= 4 is 22.9 Å². The Bertz CT molecular complexity index is 289. The molecule has 1 aliphatic heterocycles. The van der Waals surface area contributed by atoms with Crippen molar-refractivity contribution < 1.29 is 0 Å². The highest BCUT2D eigenvalue weighted by Crippen LogP contribution is 2.24. The van der Waals surface area contributed by atoms with Crippen molar-refractivity contribution in [3.8, 4) is 0 Å². The summed E-state index contributed by atoms with van der Waals surface area (Å²) < 4.78 is 0. The van der Waals surface area contributed by atoms with Gasteiger partial charge in [-0.25, -0.2) is 0 Å². The quantitative estimate of drug-likeness (QED) is 0.745. The van der Waals surface area contributed by atoms with Crippen LogP contribution in [0.25, 0.3) is 0 Å². The van der Waals surface area contributed by atoms with E-state index >= 15 is 0 Å². The fourth-order valence-electron chi connectivity index (χ4n) is 2.36. The molecule has 0 saturated carbocycles. The summed E-state index contributed by atoms with van der Waals surface area (Å²) in [5, 5.41) is 2.51. The van der Waals surface area contributed by atoms with Gasteiger partial charge in [0, 0.05) is 16.8 Å². The largest absolute Gasteiger partial charge is 0.303 e. The minimum atomic E-state index is 0.347. The van der Waals surface area contributed by atoms with E-state index in [2.05, 4.69) is 29.3 Å². The molecule has 1 aromatic rings. The van der Waals surface area contributed by atoms with Gasteiger partial charge in [-0.15, -0.1) is 22.9 Å². The smallest absolute Gasteiger partial charge is 0.0337 e. The second-order valence-corrected chi connectivity index (χ2v) is 6.41. The van der Waals surface area contributed by atoms with Crippen molar-refractivity contribution in [2.24, 2.45) is 5.92 Å². The number of likely N-dealkylation sites (tertiary alicyclic amines) is 1. The second kappa shape index (κ2) is 6.04. The lowest BCUT2D eigenvalue weighted by Crippen LogP contribution is -2.37. The van der Waals surface area contributed by atoms with Crippen molar-refractivity contribution in [2.45, 2.75) is 31.6 Å². The van der Waals surface area contributed by atoms with Crippen LogP contribution in [0.15, 0.2) is 17.5 Å². The van der Waals surface area contributed by atoms with Crippen LogP contribution in [0.5, 0.6) is 0 Å². The Morgan fingerprint density at radius 3 is 2.81 bits per heavy atom. The number of hydrogen-bond acceptors (Lipinski definition) is 2. The zero-order valence-electron chi connectivity index (χ0n) is 9.86. The normalized spacial score (nSPS) is 21.1. The van der Waals surface area contributed by atoms with E-state index in [1.165, 1.54) is 43.8 Å². The van der Waals surface area contributed by atoms with Crippen LogP contribution in [0.2, 0.25) is 0 Å². The average Bonchev–Trinajstić information content (AvgIpc) is 2.80. The molecule has 2 rings (SSSR count). The van der Waals surface area contributed by atoms with E-state index in [1.807, 2.05) is 11.3 Å². The Morgan fingerprint density at radius 2 is 2.25 bits per heavy atom. The molecule has 1 aromatic heterocycles. The van der Waals surface area contributed by atoms with Gasteiger partial charge >= 0.3 is 0 Å². The zero-order valence-corrected chi connectivity index (χ0v) is 11.4. The Labute approximate surface area is 107 Å². The molecule has 0 aliphatic carbocycles. The van der Waals surface area contributed by atoms with E-state index in [0.717, 1.165) is 5.92 Å². The molecule has 1 atom stereocenters. The number of halogens is 1. The van der Waals surface area contributed by atoms with Crippen LogP contribution in [0.3, 0.4) is 0 Å². The predicted octanol–water partition coefficient (Wildman–Crippen LogP) is 3.63. The van der Waals surface area contributed by atoms with Crippen LogP contribution in [0.4, 0.5) is 0 Å². The molecular weight excluding hydrogens is 238 g/mol. The molecule has 0 aromatic carbocycles. The third-order valence-corrected chi connectivity index (χ3v) is 4.83. The maximum Gasteiger partial charge on any atom is 0.0337 e. The number of hydrogen-bond donors (Lipinski definition) is 0. The summed E-state index contributed by atoms with van der Waals surface area (Å²) in [7, 11) is 0. The van der Waals surface area contributed by atoms with Crippen molar-refractivity contribution in [2.75, 3.05) is 19.6 Å². The first kappa shape index (κ1) is 12.4. The standard InChI is InChI=1S/C13H20ClNS/c1-11(14)12-4-7-15(8-5-12)9-6-13-3-2-10-16-13/h2-3,10-12H,4-9H2,1H3. The summed E-state index contributed by atoms with van der Waals surface area (Å²) in [6, 6.07) is 4.37. The van der Waals surface area contributed by atoms with Crippen LogP contribution in [-0.2, 0) is 6.42 Å². The molecule has 16 heavy (non-hydrogen) atoms. The summed E-state index contributed by atoms with van der Waals surface area (Å²) in [5.74, 6) is 0.736. The Balaban J connectivity index is 1.69. The van der Waals surface area contributed by atoms with Crippen molar-refractivity contribution in [3.63, 3.8) is 0 Å². The van der Waals surface area contributed by atoms with Gasteiger partial charge < -0.3 is 4.90 Å². The van der Waals surface area contributed by atoms with Crippen molar-refractivity contribution in [3.05, 3.63) is 22.4 Å². The Hall–Kier alpha value is -0.0500. The molecular formula is C13H20ClNS. The highest BCUT2D eigenvalue weighted by atomic mass is 35.5. The SMILES string of the molecule is CC(Cl)C1CCN(CCc2cccs2)CC1. The van der Waals surface area contributed by atoms with Crippen molar-refractivity contribution in [1.82, 2.24) is 4.90 Å². The van der Waals surface area contributed by atoms with Gasteiger partial charge in [-0.05, 0) is 56.6 Å². The molecule has 3 heteroatoms. The molecule has 1 nitrogen and oxygen atoms in total. The van der Waals surface area contributed by atoms with Gasteiger partial charge in [0.25, 0.3) is 0 Å². The lowest BCUT2D eigenvalue weighted by atomic mass is 9.94. The molecule has 0 N–H and O–H groups in total. The minimum absolute atomic E-state index is 0.347. The van der Waals surface area contributed by atoms with Gasteiger partial charge in [-0.2, -0.15) is 0 Å². The van der Waals surface area contributed by atoms with Crippen LogP contribution < -0.4 is 0 Å². The molecule has 0 amide bonds. The van der Waals surface area contributed by atoms with Gasteiger partial charge in [-0.1, -0.05) is 6.07 Å². The third-order valence-electron chi connectivity index (χ3n) is 3.54. The summed E-state index contributed by atoms with van der Waals surface area (Å²) in [6.45, 7) is 5.80. The highest BCUT2D eigenvalue weighted by molar-refractivity contribution is 7.09. The van der Waals surface area contributed by atoms with Crippen LogP contribution in [0, 0.1) is 5.92 Å². The minimum Gasteiger partial charge on any atom is -0.303 e. The number of piperidine rings is 1. The molecule has 2 heterocycles. The Kier molecular flexibility index (Phi) is 4.68. The lowest BCUT2D eigenvalue weighted by molar-refractivity contribution is 0.185. The number of alkyl halides is 1. The third kappa shape index (κ3) is 3.47. The summed E-state index contributed by atoms with van der Waals surface area (Å²) >= 11 is 8.01. The first-order valence-electron chi connectivity index (χ1n) is 6.14. The summed E-state index contributed by atoms with van der Waals surface area (Å²) in [6.07, 6.45) is 3.75. The van der Waals surface area contributed by atoms with Gasteiger partial charge in [-0.3, -0.25) is 0 Å². The van der Waals surface area contributed by atoms with E-state index in [1.54, 1.807) is 0 Å². The molecule has 90 valence electrons. The van der Waals surface area contributed by atoms with E-state index in [9.17, 15) is 0 Å². The molecule has 1 fully saturated rings. The van der Waals surface area contributed by atoms with Crippen molar-refractivity contribution in [1.29, 1.82) is 0 Å². The Morgan fingerprint density at radius 1 is 1.50 bits per heavy atom. The first-order valence-corrected chi connectivity index (χ1v) is 7.46. The maximum absolute atomic E-state index is 6.15. The van der Waals surface area contributed by atoms with Crippen LogP contribution >= 0.6 is 22.9 Å². The van der Waals surface area contributed by atoms with E-state index in [-0.39, 0.29) is 0 Å². The summed E-state index contributed by atoms with van der Waals surface area (Å²) in [4.78, 5) is 4.09. The molecule has 0 bridgehead atoms. The molecule has 1 unspecified atom stereocenters. The highest BCUT2D eigenvalue weighted by Gasteiger charge is 2.22. The van der Waals surface area contributed by atoms with Crippen LogP contribution in [0.1, 0.15) is 24.6 Å². The molecule has 1 saturated heterocycles. The van der Waals surface area contributed by atoms with E-state index < -0.39 is 0 Å². The topological polar surface area (TPSA) is 3.24 Å². The lowest BCUT2D eigenvalue weighted by Gasteiger charge is -2.32. The second-order valence-electron chi connectivity index (χ2n) is 4.69. The molecule has 0 spiro atoms. The van der Waals surface area contributed by atoms with Gasteiger partial charge in [0.2, 0.25) is 0 Å². The zero-order chi connectivity index (χ0) is 11.4. The number of rotatable bonds is 4. The fraction of sp³-hybridized carbons (Fsp3) is 0.692. The van der Waals surface area contributed by atoms with Gasteiger partial charge in [0.1, 0.15) is 0 Å². The molecule has 1 aliphatic rings. The monoisotopic (exact) mass is 257 g/mol. The van der Waals surface area contributed by atoms with E-state index in [4.69, 9.17) is 11.6 Å². The summed E-state index contributed by atoms with van der Waals surface area (Å²) in [5.41, 5.74) is 0. The predicted molar refractivity (Wildman–Crippen MR) is 72.5 cm³/mol. The average molecular weight is 258 g/mol. The van der Waals surface area contributed by atoms with Crippen LogP contribution in [-0.4, -0.2) is 29.9 Å². The maximum atomic E-state index is 6.15. The molecule has 0 radical (unpaired) electrons. The number of thiophene rings is 1. The fourth-order valence-corrected chi connectivity index (χ4v) is 3.31. The van der Waals surface area contributed by atoms with Gasteiger partial charge in [0.15, 0.2) is 0 Å². The van der Waals surface area contributed by atoms with Gasteiger partial charge in [0.05, 0.1) is 0 Å².